The SMILES string of the molecule is CC(C)(C)c1ccc(N2c3cc4sc5ccccc5c4cc3B3c4cc5c(cc4C(C)(C)c4cccc2c43)sc2ccccc25)cc1. The first-order valence-electron chi connectivity index (χ1n) is 16.6. The Balaban J connectivity index is 1.32. The normalized spacial score (nSPS) is 15.0. The number of rotatable bonds is 1. The summed E-state index contributed by atoms with van der Waals surface area (Å²) in [5, 5.41) is 5.46. The van der Waals surface area contributed by atoms with Gasteiger partial charge in [-0.3, -0.25) is 0 Å². The number of hydrogen-bond donors (Lipinski definition) is 0. The average Bonchev–Trinajstić information content (AvgIpc) is 3.62. The third-order valence-corrected chi connectivity index (χ3v) is 13.2. The van der Waals surface area contributed by atoms with Gasteiger partial charge >= 0.3 is 0 Å². The van der Waals surface area contributed by atoms with Crippen LogP contribution in [0.1, 0.15) is 51.3 Å². The average molecular weight is 640 g/mol. The summed E-state index contributed by atoms with van der Waals surface area (Å²) in [7, 11) is 0. The van der Waals surface area contributed by atoms with Crippen molar-refractivity contribution < 1.29 is 0 Å². The molecular formula is C43H34BNS2. The Hall–Kier alpha value is -4.38. The minimum atomic E-state index is -0.139. The van der Waals surface area contributed by atoms with E-state index in [1.54, 1.807) is 0 Å². The van der Waals surface area contributed by atoms with Gasteiger partial charge in [0.15, 0.2) is 0 Å². The van der Waals surface area contributed by atoms with E-state index >= 15 is 0 Å². The van der Waals surface area contributed by atoms with Crippen LogP contribution in [0, 0.1) is 0 Å². The van der Waals surface area contributed by atoms with Gasteiger partial charge in [0.05, 0.1) is 0 Å². The zero-order chi connectivity index (χ0) is 31.8. The molecule has 6 aromatic carbocycles. The Morgan fingerprint density at radius 2 is 1.17 bits per heavy atom. The third kappa shape index (κ3) is 3.77. The lowest BCUT2D eigenvalue weighted by Gasteiger charge is -2.45. The first kappa shape index (κ1) is 27.7. The molecule has 226 valence electrons. The molecule has 0 aliphatic carbocycles. The summed E-state index contributed by atoms with van der Waals surface area (Å²) < 4.78 is 5.44. The van der Waals surface area contributed by atoms with Crippen LogP contribution in [0.15, 0.2) is 115 Å². The minimum Gasteiger partial charge on any atom is -0.311 e. The molecule has 2 aliphatic heterocycles. The van der Waals surface area contributed by atoms with Gasteiger partial charge in [-0.2, -0.15) is 0 Å². The van der Waals surface area contributed by atoms with Crippen molar-refractivity contribution in [3.05, 3.63) is 132 Å². The van der Waals surface area contributed by atoms with E-state index in [0.29, 0.717) is 0 Å². The van der Waals surface area contributed by atoms with E-state index in [2.05, 4.69) is 155 Å². The van der Waals surface area contributed by atoms with Crippen molar-refractivity contribution in [3.8, 4) is 0 Å². The van der Waals surface area contributed by atoms with Crippen molar-refractivity contribution >= 4 is 103 Å². The summed E-state index contributed by atoms with van der Waals surface area (Å²) in [4.78, 5) is 2.56. The Bertz CT molecular complexity index is 2600. The Kier molecular flexibility index (Phi) is 5.52. The lowest BCUT2D eigenvalue weighted by Crippen LogP contribution is -2.64. The molecule has 10 rings (SSSR count). The fourth-order valence-electron chi connectivity index (χ4n) is 8.51. The quantitative estimate of drug-likeness (QED) is 0.162. The predicted molar refractivity (Wildman–Crippen MR) is 209 cm³/mol. The Morgan fingerprint density at radius 1 is 0.553 bits per heavy atom. The highest BCUT2D eigenvalue weighted by Crippen LogP contribution is 2.46. The first-order valence-corrected chi connectivity index (χ1v) is 18.3. The van der Waals surface area contributed by atoms with Crippen molar-refractivity contribution in [1.29, 1.82) is 0 Å². The zero-order valence-corrected chi connectivity index (χ0v) is 28.9. The maximum atomic E-state index is 2.56. The van der Waals surface area contributed by atoms with Crippen LogP contribution in [-0.4, -0.2) is 6.71 Å². The molecule has 0 spiro atoms. The minimum absolute atomic E-state index is 0.101. The summed E-state index contributed by atoms with van der Waals surface area (Å²) >= 11 is 3.84. The predicted octanol–water partition coefficient (Wildman–Crippen LogP) is 10.7. The van der Waals surface area contributed by atoms with Crippen LogP contribution in [0.3, 0.4) is 0 Å². The largest absolute Gasteiger partial charge is 0.311 e. The molecule has 0 bridgehead atoms. The third-order valence-electron chi connectivity index (χ3n) is 10.9. The summed E-state index contributed by atoms with van der Waals surface area (Å²) in [5.74, 6) is 0. The molecule has 0 amide bonds. The second kappa shape index (κ2) is 9.37. The standard InChI is InChI=1S/C43H34BNS2/c1-42(2,3)25-17-19-26(20-18-25)45-35-14-10-13-31-41(35)44(34-22-30-28-12-7-9-16-38(28)47-40(30)24-36(34)45)33-21-29-27-11-6-8-15-37(27)46-39(29)23-32(33)43(31,4)5/h6-24H,1-5H3. The molecule has 0 saturated heterocycles. The van der Waals surface area contributed by atoms with Gasteiger partial charge in [0.1, 0.15) is 0 Å². The number of fused-ring (bicyclic) bond motifs is 10. The number of hydrogen-bond acceptors (Lipinski definition) is 3. The fourth-order valence-corrected chi connectivity index (χ4v) is 10.8. The van der Waals surface area contributed by atoms with Gasteiger partial charge in [0.25, 0.3) is 0 Å². The lowest BCUT2D eigenvalue weighted by molar-refractivity contribution is 0.590. The molecule has 0 radical (unpaired) electrons. The number of anilines is 3. The molecule has 4 heterocycles. The van der Waals surface area contributed by atoms with Gasteiger partial charge in [-0.05, 0) is 86.3 Å². The van der Waals surface area contributed by atoms with Gasteiger partial charge in [-0.25, -0.2) is 0 Å². The highest BCUT2D eigenvalue weighted by molar-refractivity contribution is 7.26. The highest BCUT2D eigenvalue weighted by atomic mass is 32.1. The van der Waals surface area contributed by atoms with E-state index in [4.69, 9.17) is 0 Å². The smallest absolute Gasteiger partial charge is 0.247 e. The van der Waals surface area contributed by atoms with E-state index in [-0.39, 0.29) is 17.5 Å². The van der Waals surface area contributed by atoms with Crippen LogP contribution < -0.4 is 21.3 Å². The zero-order valence-electron chi connectivity index (χ0n) is 27.3. The van der Waals surface area contributed by atoms with Gasteiger partial charge in [0.2, 0.25) is 6.71 Å². The molecule has 1 nitrogen and oxygen atoms in total. The first-order chi connectivity index (χ1) is 22.7. The van der Waals surface area contributed by atoms with Gasteiger partial charge in [-0.15, -0.1) is 22.7 Å². The molecule has 0 unspecified atom stereocenters. The summed E-state index contributed by atoms with van der Waals surface area (Å²) in [6.45, 7) is 11.9. The van der Waals surface area contributed by atoms with Gasteiger partial charge < -0.3 is 4.90 Å². The number of benzene rings is 6. The van der Waals surface area contributed by atoms with E-state index in [1.165, 1.54) is 90.5 Å². The molecule has 0 fully saturated rings. The van der Waals surface area contributed by atoms with Crippen LogP contribution in [-0.2, 0) is 10.8 Å². The van der Waals surface area contributed by atoms with Crippen LogP contribution in [0.4, 0.5) is 17.1 Å². The van der Waals surface area contributed by atoms with Crippen LogP contribution in [0.25, 0.3) is 40.3 Å². The van der Waals surface area contributed by atoms with Crippen molar-refractivity contribution in [2.24, 2.45) is 0 Å². The second-order valence-electron chi connectivity index (χ2n) is 15.0. The van der Waals surface area contributed by atoms with Crippen LogP contribution in [0.5, 0.6) is 0 Å². The van der Waals surface area contributed by atoms with Crippen molar-refractivity contribution in [2.75, 3.05) is 4.90 Å². The van der Waals surface area contributed by atoms with E-state index < -0.39 is 0 Å². The van der Waals surface area contributed by atoms with Crippen molar-refractivity contribution in [2.45, 2.75) is 45.4 Å². The maximum absolute atomic E-state index is 2.56. The van der Waals surface area contributed by atoms with Gasteiger partial charge in [-0.1, -0.05) is 113 Å². The molecule has 0 atom stereocenters. The molecule has 4 heteroatoms. The molecule has 8 aromatic rings. The van der Waals surface area contributed by atoms with Crippen LogP contribution >= 0.6 is 22.7 Å². The Labute approximate surface area is 284 Å². The fraction of sp³-hybridized carbons (Fsp3) is 0.163. The highest BCUT2D eigenvalue weighted by Gasteiger charge is 2.46. The molecule has 0 saturated carbocycles. The van der Waals surface area contributed by atoms with E-state index in [9.17, 15) is 0 Å². The van der Waals surface area contributed by atoms with E-state index in [1.807, 2.05) is 22.7 Å². The number of thiophene rings is 2. The lowest BCUT2D eigenvalue weighted by atomic mass is 9.30. The van der Waals surface area contributed by atoms with E-state index in [0.717, 1.165) is 0 Å². The Morgan fingerprint density at radius 3 is 1.83 bits per heavy atom. The second-order valence-corrected chi connectivity index (χ2v) is 17.1. The molecular weight excluding hydrogens is 605 g/mol. The number of nitrogens with zero attached hydrogens (tertiary/aromatic N) is 1. The molecule has 2 aliphatic rings. The molecule has 47 heavy (non-hydrogen) atoms. The summed E-state index contributed by atoms with van der Waals surface area (Å²) in [5.41, 5.74) is 12.3. The topological polar surface area (TPSA) is 3.24 Å². The maximum Gasteiger partial charge on any atom is 0.247 e. The van der Waals surface area contributed by atoms with Crippen molar-refractivity contribution in [3.63, 3.8) is 0 Å². The van der Waals surface area contributed by atoms with Crippen molar-refractivity contribution in [1.82, 2.24) is 0 Å². The summed E-state index contributed by atoms with van der Waals surface area (Å²) in [6, 6.07) is 44.3. The van der Waals surface area contributed by atoms with Gasteiger partial charge in [0, 0.05) is 52.0 Å². The monoisotopic (exact) mass is 639 g/mol. The molecule has 2 aromatic heterocycles. The molecule has 0 N–H and O–H groups in total. The summed E-state index contributed by atoms with van der Waals surface area (Å²) in [6.07, 6.45) is 0. The van der Waals surface area contributed by atoms with Crippen LogP contribution in [0.2, 0.25) is 0 Å².